The number of nitro groups is 1. The van der Waals surface area contributed by atoms with Crippen molar-refractivity contribution in [2.75, 3.05) is 4.72 Å². The van der Waals surface area contributed by atoms with Gasteiger partial charge in [0.2, 0.25) is 0 Å². The monoisotopic (exact) mass is 392 g/mol. The molecule has 0 saturated heterocycles. The highest BCUT2D eigenvalue weighted by Crippen LogP contribution is 2.40. The Bertz CT molecular complexity index is 1080. The molecule has 2 heterocycles. The zero-order chi connectivity index (χ0) is 18.3. The molecular weight excluding hydrogens is 380 g/mol. The van der Waals surface area contributed by atoms with E-state index < -0.39 is 14.9 Å². The largest absolute Gasteiger partial charge is 0.333 e. The molecule has 1 aliphatic carbocycles. The van der Waals surface area contributed by atoms with Crippen molar-refractivity contribution in [3.05, 3.63) is 51.7 Å². The number of non-ortho nitro benzene ring substituents is 1. The third kappa shape index (κ3) is 3.18. The number of hydrogen-bond acceptors (Lipinski definition) is 8. The van der Waals surface area contributed by atoms with Gasteiger partial charge in [-0.1, -0.05) is 11.2 Å². The molecular formula is C15H12N4O5S2. The van der Waals surface area contributed by atoms with E-state index in [1.165, 1.54) is 29.5 Å². The minimum Gasteiger partial charge on any atom is -0.333 e. The first-order valence-corrected chi connectivity index (χ1v) is 9.99. The van der Waals surface area contributed by atoms with Crippen LogP contribution in [0.1, 0.15) is 24.6 Å². The predicted molar refractivity (Wildman–Crippen MR) is 93.5 cm³/mol. The molecule has 134 valence electrons. The lowest BCUT2D eigenvalue weighted by Crippen LogP contribution is -2.13. The molecule has 11 heteroatoms. The van der Waals surface area contributed by atoms with Crippen LogP contribution in [0.2, 0.25) is 0 Å². The summed E-state index contributed by atoms with van der Waals surface area (Å²) < 4.78 is 32.9. The van der Waals surface area contributed by atoms with E-state index in [0.717, 1.165) is 18.9 Å². The van der Waals surface area contributed by atoms with Gasteiger partial charge in [0.1, 0.15) is 4.88 Å². The summed E-state index contributed by atoms with van der Waals surface area (Å²) in [7, 11) is -4.00. The van der Waals surface area contributed by atoms with Gasteiger partial charge in [-0.3, -0.25) is 14.8 Å². The molecule has 0 atom stereocenters. The van der Waals surface area contributed by atoms with Gasteiger partial charge in [0.05, 0.1) is 15.5 Å². The minimum atomic E-state index is -4.00. The topological polar surface area (TPSA) is 128 Å². The Labute approximate surface area is 151 Å². The quantitative estimate of drug-likeness (QED) is 0.503. The number of sulfonamides is 1. The molecule has 1 N–H and O–H groups in total. The Morgan fingerprint density at radius 1 is 1.31 bits per heavy atom. The third-order valence-corrected chi connectivity index (χ3v) is 6.09. The molecule has 0 aliphatic heterocycles. The average Bonchev–Trinajstić information content (AvgIpc) is 3.17. The Hall–Kier alpha value is -2.79. The zero-order valence-electron chi connectivity index (χ0n) is 13.2. The second kappa shape index (κ2) is 6.18. The highest BCUT2D eigenvalue weighted by Gasteiger charge is 2.30. The van der Waals surface area contributed by atoms with E-state index in [1.54, 1.807) is 11.4 Å². The van der Waals surface area contributed by atoms with Gasteiger partial charge >= 0.3 is 0 Å². The van der Waals surface area contributed by atoms with Crippen LogP contribution in [0, 0.1) is 10.1 Å². The summed E-state index contributed by atoms with van der Waals surface area (Å²) in [6.45, 7) is 0. The number of hydrogen-bond donors (Lipinski definition) is 1. The lowest BCUT2D eigenvalue weighted by atomic mass is 10.3. The van der Waals surface area contributed by atoms with E-state index in [2.05, 4.69) is 14.9 Å². The van der Waals surface area contributed by atoms with Crippen molar-refractivity contribution in [3.8, 4) is 10.8 Å². The lowest BCUT2D eigenvalue weighted by molar-refractivity contribution is -0.385. The van der Waals surface area contributed by atoms with Gasteiger partial charge in [-0.2, -0.15) is 4.98 Å². The molecule has 1 aliphatic rings. The van der Waals surface area contributed by atoms with E-state index in [-0.39, 0.29) is 22.2 Å². The first-order chi connectivity index (χ1) is 12.4. The summed E-state index contributed by atoms with van der Waals surface area (Å²) in [5.74, 6) is 1.19. The van der Waals surface area contributed by atoms with Gasteiger partial charge in [-0.15, -0.1) is 11.3 Å². The maximum absolute atomic E-state index is 12.6. The van der Waals surface area contributed by atoms with Crippen LogP contribution in [-0.2, 0) is 10.0 Å². The Morgan fingerprint density at radius 2 is 2.12 bits per heavy atom. The number of benzene rings is 1. The van der Waals surface area contributed by atoms with Crippen LogP contribution in [0.5, 0.6) is 0 Å². The number of aromatic nitrogens is 2. The fourth-order valence-corrected chi connectivity index (χ4v) is 4.30. The van der Waals surface area contributed by atoms with Crippen molar-refractivity contribution in [2.24, 2.45) is 0 Å². The number of nitrogens with one attached hydrogen (secondary N) is 1. The molecule has 1 saturated carbocycles. The summed E-state index contributed by atoms with van der Waals surface area (Å²) in [6.07, 6.45) is 2.05. The van der Waals surface area contributed by atoms with E-state index in [4.69, 9.17) is 4.52 Å². The van der Waals surface area contributed by atoms with Crippen LogP contribution in [0.3, 0.4) is 0 Å². The van der Waals surface area contributed by atoms with Gasteiger partial charge in [-0.25, -0.2) is 8.42 Å². The summed E-state index contributed by atoms with van der Waals surface area (Å²) in [5, 5.41) is 16.5. The molecule has 9 nitrogen and oxygen atoms in total. The summed E-state index contributed by atoms with van der Waals surface area (Å²) in [4.78, 5) is 14.8. The second-order valence-corrected chi connectivity index (χ2v) is 8.35. The highest BCUT2D eigenvalue weighted by atomic mass is 32.2. The summed E-state index contributed by atoms with van der Waals surface area (Å²) in [6, 6.07) is 6.43. The number of nitrogens with zero attached hydrogens (tertiary/aromatic N) is 3. The van der Waals surface area contributed by atoms with E-state index in [0.29, 0.717) is 16.6 Å². The Balaban J connectivity index is 1.64. The molecule has 0 spiro atoms. The van der Waals surface area contributed by atoms with Gasteiger partial charge in [-0.05, 0) is 30.4 Å². The standard InChI is InChI=1S/C15H12N4O5S2/c20-19(21)10-2-1-3-11(8-10)26(22,23)18-12-6-7-25-13(12)15-16-14(17-24-15)9-4-5-9/h1-3,6-9,18H,4-5H2. The van der Waals surface area contributed by atoms with E-state index in [9.17, 15) is 18.5 Å². The highest BCUT2D eigenvalue weighted by molar-refractivity contribution is 7.92. The molecule has 1 aromatic carbocycles. The smallest absolute Gasteiger partial charge is 0.270 e. The zero-order valence-corrected chi connectivity index (χ0v) is 14.8. The fraction of sp³-hybridized carbons (Fsp3) is 0.200. The molecule has 0 unspecified atom stereocenters. The van der Waals surface area contributed by atoms with E-state index >= 15 is 0 Å². The van der Waals surface area contributed by atoms with Crippen LogP contribution >= 0.6 is 11.3 Å². The van der Waals surface area contributed by atoms with Crippen LogP contribution in [0.15, 0.2) is 45.1 Å². The van der Waals surface area contributed by atoms with Crippen molar-refractivity contribution in [1.29, 1.82) is 0 Å². The number of anilines is 1. The van der Waals surface area contributed by atoms with Crippen molar-refractivity contribution >= 4 is 32.7 Å². The second-order valence-electron chi connectivity index (χ2n) is 5.76. The number of nitro benzene ring substituents is 1. The lowest BCUT2D eigenvalue weighted by Gasteiger charge is -2.07. The normalized spacial score (nSPS) is 14.3. The molecule has 4 rings (SSSR count). The van der Waals surface area contributed by atoms with Crippen molar-refractivity contribution in [2.45, 2.75) is 23.7 Å². The molecule has 0 bridgehead atoms. The maximum atomic E-state index is 12.6. The Kier molecular flexibility index (Phi) is 3.96. The van der Waals surface area contributed by atoms with Gasteiger partial charge in [0, 0.05) is 18.1 Å². The summed E-state index contributed by atoms with van der Waals surface area (Å²) in [5.41, 5.74) is -0.0168. The molecule has 2 aromatic heterocycles. The van der Waals surface area contributed by atoms with Gasteiger partial charge < -0.3 is 4.52 Å². The van der Waals surface area contributed by atoms with Gasteiger partial charge in [0.15, 0.2) is 5.82 Å². The van der Waals surface area contributed by atoms with Gasteiger partial charge in [0.25, 0.3) is 21.6 Å². The molecule has 3 aromatic rings. The number of thiophene rings is 1. The van der Waals surface area contributed by atoms with Crippen molar-refractivity contribution < 1.29 is 17.9 Å². The average molecular weight is 392 g/mol. The first kappa shape index (κ1) is 16.7. The molecule has 0 amide bonds. The third-order valence-electron chi connectivity index (χ3n) is 3.83. The van der Waals surface area contributed by atoms with Crippen LogP contribution < -0.4 is 4.72 Å². The molecule has 1 fully saturated rings. The SMILES string of the molecule is O=[N+]([O-])c1cccc(S(=O)(=O)Nc2ccsc2-c2nc(C3CC3)no2)c1. The van der Waals surface area contributed by atoms with Crippen molar-refractivity contribution in [3.63, 3.8) is 0 Å². The van der Waals surface area contributed by atoms with Crippen LogP contribution in [-0.4, -0.2) is 23.5 Å². The summed E-state index contributed by atoms with van der Waals surface area (Å²) >= 11 is 1.26. The van der Waals surface area contributed by atoms with Crippen LogP contribution in [0.4, 0.5) is 11.4 Å². The first-order valence-electron chi connectivity index (χ1n) is 7.63. The van der Waals surface area contributed by atoms with Crippen LogP contribution in [0.25, 0.3) is 10.8 Å². The fourth-order valence-electron chi connectivity index (χ4n) is 2.36. The molecule has 26 heavy (non-hydrogen) atoms. The maximum Gasteiger partial charge on any atom is 0.270 e. The predicted octanol–water partition coefficient (Wildman–Crippen LogP) is 3.38. The minimum absolute atomic E-state index is 0.201. The molecule has 0 radical (unpaired) electrons. The Morgan fingerprint density at radius 3 is 2.85 bits per heavy atom. The van der Waals surface area contributed by atoms with E-state index in [1.807, 2.05) is 0 Å². The van der Waals surface area contributed by atoms with Crippen molar-refractivity contribution in [1.82, 2.24) is 10.1 Å². The number of rotatable bonds is 6.